The van der Waals surface area contributed by atoms with Gasteiger partial charge in [0, 0.05) is 52.8 Å². The van der Waals surface area contributed by atoms with E-state index >= 15 is 0 Å². The Bertz CT molecular complexity index is 2700. The summed E-state index contributed by atoms with van der Waals surface area (Å²) in [6.07, 6.45) is 0. The van der Waals surface area contributed by atoms with Crippen LogP contribution in [0.2, 0.25) is 0 Å². The molecule has 45 heavy (non-hydrogen) atoms. The van der Waals surface area contributed by atoms with Gasteiger partial charge in [0.25, 0.3) is 0 Å². The molecule has 10 rings (SSSR count). The van der Waals surface area contributed by atoms with Gasteiger partial charge in [0.15, 0.2) is 11.6 Å². The molecule has 4 heterocycles. The van der Waals surface area contributed by atoms with Crippen molar-refractivity contribution in [2.45, 2.75) is 0 Å². The smallest absolute Gasteiger partial charge is 0.238 e. The van der Waals surface area contributed by atoms with Crippen molar-refractivity contribution in [2.24, 2.45) is 0 Å². The van der Waals surface area contributed by atoms with Crippen LogP contribution in [0.1, 0.15) is 0 Å². The number of para-hydroxylation sites is 2. The van der Waals surface area contributed by atoms with Gasteiger partial charge in [-0.05, 0) is 36.4 Å². The first-order chi connectivity index (χ1) is 22.3. The highest BCUT2D eigenvalue weighted by Gasteiger charge is 2.21. The lowest BCUT2D eigenvalue weighted by molar-refractivity contribution is 0.669. The van der Waals surface area contributed by atoms with Crippen LogP contribution in [0.4, 0.5) is 0 Å². The van der Waals surface area contributed by atoms with Gasteiger partial charge in [0.2, 0.25) is 5.95 Å². The predicted molar refractivity (Wildman–Crippen MR) is 185 cm³/mol. The van der Waals surface area contributed by atoms with Crippen LogP contribution in [0.25, 0.3) is 92.6 Å². The monoisotopic (exact) mass is 594 g/mol. The molecule has 5 nitrogen and oxygen atoms in total. The molecule has 0 bridgehead atoms. The summed E-state index contributed by atoms with van der Waals surface area (Å²) in [5.41, 5.74) is 5.84. The Hall–Kier alpha value is -5.85. The molecule has 0 saturated carbocycles. The molecule has 0 radical (unpaired) electrons. The van der Waals surface area contributed by atoms with Crippen LogP contribution in [-0.4, -0.2) is 19.5 Å². The molecule has 0 aliphatic carbocycles. The summed E-state index contributed by atoms with van der Waals surface area (Å²) < 4.78 is 10.9. The number of benzene rings is 6. The molecule has 0 aliphatic rings. The summed E-state index contributed by atoms with van der Waals surface area (Å²) in [4.78, 5) is 15.1. The average molecular weight is 595 g/mol. The Kier molecular flexibility index (Phi) is 5.09. The fourth-order valence-electron chi connectivity index (χ4n) is 6.66. The van der Waals surface area contributed by atoms with E-state index in [2.05, 4.69) is 65.2 Å². The number of rotatable bonds is 3. The number of aromatic nitrogens is 4. The van der Waals surface area contributed by atoms with Crippen LogP contribution >= 0.6 is 11.3 Å². The van der Waals surface area contributed by atoms with Gasteiger partial charge in [-0.25, -0.2) is 4.98 Å². The first-order valence-corrected chi connectivity index (χ1v) is 15.7. The minimum atomic E-state index is 0.595. The fraction of sp³-hybridized carbons (Fsp3) is 0. The molecular weight excluding hydrogens is 573 g/mol. The second-order valence-corrected chi connectivity index (χ2v) is 12.3. The van der Waals surface area contributed by atoms with Crippen molar-refractivity contribution in [2.75, 3.05) is 0 Å². The van der Waals surface area contributed by atoms with Crippen LogP contribution in [0.15, 0.2) is 138 Å². The summed E-state index contributed by atoms with van der Waals surface area (Å²) in [6.45, 7) is 0. The van der Waals surface area contributed by atoms with Gasteiger partial charge in [0.1, 0.15) is 11.2 Å². The SMILES string of the molecule is c1ccc(-c2nc(-c3ccccc3)nc(-n3c4ccccc4c4cc5c(cc43)sc3ccc4oc6ccccc6c4c35)n2)cc1. The first-order valence-electron chi connectivity index (χ1n) is 14.9. The number of hydrogen-bond donors (Lipinski definition) is 0. The van der Waals surface area contributed by atoms with Gasteiger partial charge in [0.05, 0.1) is 11.0 Å². The second kappa shape index (κ2) is 9.32. The zero-order valence-electron chi connectivity index (χ0n) is 23.8. The minimum Gasteiger partial charge on any atom is -0.456 e. The highest BCUT2D eigenvalue weighted by molar-refractivity contribution is 7.26. The Labute approximate surface area is 260 Å². The summed E-state index contributed by atoms with van der Waals surface area (Å²) >= 11 is 1.81. The van der Waals surface area contributed by atoms with Crippen molar-refractivity contribution in [3.05, 3.63) is 133 Å². The molecule has 0 spiro atoms. The Morgan fingerprint density at radius 3 is 1.89 bits per heavy atom. The van der Waals surface area contributed by atoms with E-state index < -0.39 is 0 Å². The molecule has 0 aliphatic heterocycles. The maximum atomic E-state index is 6.27. The van der Waals surface area contributed by atoms with E-state index in [9.17, 15) is 0 Å². The van der Waals surface area contributed by atoms with Gasteiger partial charge >= 0.3 is 0 Å². The van der Waals surface area contributed by atoms with E-state index in [0.29, 0.717) is 17.6 Å². The number of nitrogens with zero attached hydrogens (tertiary/aromatic N) is 4. The molecule has 0 fully saturated rings. The molecule has 0 unspecified atom stereocenters. The number of fused-ring (bicyclic) bond motifs is 10. The van der Waals surface area contributed by atoms with Crippen molar-refractivity contribution in [1.82, 2.24) is 19.5 Å². The second-order valence-electron chi connectivity index (χ2n) is 11.2. The molecule has 10 aromatic rings. The molecule has 0 amide bonds. The van der Waals surface area contributed by atoms with Gasteiger partial charge in [-0.3, -0.25) is 4.57 Å². The van der Waals surface area contributed by atoms with Crippen molar-refractivity contribution in [3.8, 4) is 28.7 Å². The van der Waals surface area contributed by atoms with Crippen LogP contribution in [0.5, 0.6) is 0 Å². The topological polar surface area (TPSA) is 56.7 Å². The van der Waals surface area contributed by atoms with E-state index in [4.69, 9.17) is 19.4 Å². The molecular formula is C39H22N4OS. The highest BCUT2D eigenvalue weighted by atomic mass is 32.1. The van der Waals surface area contributed by atoms with Crippen LogP contribution in [-0.2, 0) is 0 Å². The Morgan fingerprint density at radius 1 is 0.467 bits per heavy atom. The largest absolute Gasteiger partial charge is 0.456 e. The molecule has 210 valence electrons. The first kappa shape index (κ1) is 24.6. The summed E-state index contributed by atoms with van der Waals surface area (Å²) in [7, 11) is 0. The normalized spacial score (nSPS) is 12.0. The Balaban J connectivity index is 1.31. The van der Waals surface area contributed by atoms with Gasteiger partial charge in [-0.1, -0.05) is 97.1 Å². The molecule has 0 saturated heterocycles. The van der Waals surface area contributed by atoms with Gasteiger partial charge in [-0.15, -0.1) is 11.3 Å². The third-order valence-electron chi connectivity index (χ3n) is 8.66. The maximum Gasteiger partial charge on any atom is 0.238 e. The number of hydrogen-bond acceptors (Lipinski definition) is 5. The van der Waals surface area contributed by atoms with Gasteiger partial charge < -0.3 is 4.42 Å². The zero-order chi connectivity index (χ0) is 29.5. The van der Waals surface area contributed by atoms with E-state index in [-0.39, 0.29) is 0 Å². The predicted octanol–water partition coefficient (Wildman–Crippen LogP) is 10.6. The van der Waals surface area contributed by atoms with E-state index in [1.54, 1.807) is 0 Å². The van der Waals surface area contributed by atoms with Crippen LogP contribution in [0, 0.1) is 0 Å². The van der Waals surface area contributed by atoms with Crippen molar-refractivity contribution >= 4 is 75.3 Å². The lowest BCUT2D eigenvalue weighted by Gasteiger charge is -2.11. The highest BCUT2D eigenvalue weighted by Crippen LogP contribution is 2.45. The van der Waals surface area contributed by atoms with E-state index in [0.717, 1.165) is 49.5 Å². The third-order valence-corrected chi connectivity index (χ3v) is 9.77. The van der Waals surface area contributed by atoms with Crippen LogP contribution in [0.3, 0.4) is 0 Å². The van der Waals surface area contributed by atoms with E-state index in [1.165, 1.54) is 25.6 Å². The standard InChI is InChI=1S/C39H22N4OS/c1-3-11-23(12-4-1)37-40-38(24-13-5-2-6-14-24)42-39(41-37)43-29-17-9-7-15-25(29)27-21-28-34(22-30(27)43)45-33-20-19-32-35(36(28)33)26-16-8-10-18-31(26)44-32/h1-22H. The van der Waals surface area contributed by atoms with Gasteiger partial charge in [-0.2, -0.15) is 9.97 Å². The van der Waals surface area contributed by atoms with Crippen molar-refractivity contribution < 1.29 is 4.42 Å². The lowest BCUT2D eigenvalue weighted by atomic mass is 10.0. The molecule has 6 aromatic carbocycles. The lowest BCUT2D eigenvalue weighted by Crippen LogP contribution is -2.06. The molecule has 0 N–H and O–H groups in total. The fourth-order valence-corrected chi connectivity index (χ4v) is 7.79. The van der Waals surface area contributed by atoms with Crippen molar-refractivity contribution in [3.63, 3.8) is 0 Å². The maximum absolute atomic E-state index is 6.27. The zero-order valence-corrected chi connectivity index (χ0v) is 24.6. The quantitative estimate of drug-likeness (QED) is 0.204. The number of thiophene rings is 1. The van der Waals surface area contributed by atoms with Crippen LogP contribution < -0.4 is 0 Å². The van der Waals surface area contributed by atoms with E-state index in [1.807, 2.05) is 84.1 Å². The minimum absolute atomic E-state index is 0.595. The summed E-state index contributed by atoms with van der Waals surface area (Å²) in [6, 6.07) is 46.0. The summed E-state index contributed by atoms with van der Waals surface area (Å²) in [5, 5.41) is 7.11. The molecule has 4 aromatic heterocycles. The average Bonchev–Trinajstić information content (AvgIpc) is 3.76. The number of furan rings is 1. The third kappa shape index (κ3) is 3.63. The molecule has 0 atom stereocenters. The molecule has 6 heteroatoms. The Morgan fingerprint density at radius 2 is 1.13 bits per heavy atom. The van der Waals surface area contributed by atoms with Crippen molar-refractivity contribution in [1.29, 1.82) is 0 Å². The summed E-state index contributed by atoms with van der Waals surface area (Å²) in [5.74, 6) is 1.88.